The first-order chi connectivity index (χ1) is 3.80. The average molecular weight is 135 g/mol. The van der Waals surface area contributed by atoms with Crippen LogP contribution in [0.15, 0.2) is 24.3 Å². The fraction of sp³-hybridized carbons (Fsp3) is 0. The van der Waals surface area contributed by atoms with Gasteiger partial charge < -0.3 is 0 Å². The predicted molar refractivity (Wildman–Crippen MR) is 36.8 cm³/mol. The first kappa shape index (κ1) is 6.63. The monoisotopic (exact) mass is 134 g/mol. The van der Waals surface area contributed by atoms with E-state index in [1.54, 1.807) is 0 Å². The van der Waals surface area contributed by atoms with Crippen molar-refractivity contribution in [2.75, 3.05) is 0 Å². The minimum atomic E-state index is 0.902. The van der Waals surface area contributed by atoms with E-state index < -0.39 is 0 Å². The quantitative estimate of drug-likeness (QED) is 0.467. The van der Waals surface area contributed by atoms with Gasteiger partial charge in [-0.3, -0.25) is 0 Å². The van der Waals surface area contributed by atoms with E-state index in [1.807, 2.05) is 18.2 Å². The summed E-state index contributed by atoms with van der Waals surface area (Å²) in [6.07, 6.45) is 0. The van der Waals surface area contributed by atoms with Crippen LogP contribution in [0.2, 0.25) is 5.02 Å². The van der Waals surface area contributed by atoms with Crippen LogP contribution in [-0.4, -0.2) is 27.9 Å². The molecule has 0 aliphatic carbocycles. The summed E-state index contributed by atoms with van der Waals surface area (Å²) < 4.78 is 1.27. The Hall–Kier alpha value is 0.510. The summed E-state index contributed by atoms with van der Waals surface area (Å²) in [4.78, 5) is 0. The third kappa shape index (κ3) is 1.49. The molecule has 36 valence electrons. The van der Waals surface area contributed by atoms with Crippen molar-refractivity contribution in [3.63, 3.8) is 0 Å². The molecule has 0 unspecified atom stereocenters. The maximum absolute atomic E-state index is 5.74. The summed E-state index contributed by atoms with van der Waals surface area (Å²) in [7, 11) is 0. The molecule has 1 aromatic carbocycles. The molecule has 0 amide bonds. The van der Waals surface area contributed by atoms with E-state index in [1.165, 1.54) is 2.81 Å². The van der Waals surface area contributed by atoms with Crippen molar-refractivity contribution < 1.29 is 0 Å². The van der Waals surface area contributed by atoms with E-state index in [-0.39, 0.29) is 0 Å². The molecule has 0 saturated carbocycles. The summed E-state index contributed by atoms with van der Waals surface area (Å²) in [5.41, 5.74) is 0. The molecule has 0 spiro atoms. The van der Waals surface area contributed by atoms with Crippen LogP contribution in [0.25, 0.3) is 0 Å². The standard InChI is InChI=1S/C6H4Cl.Na/c7-6-4-2-1-3-5-6;/h1-4H;. The summed E-state index contributed by atoms with van der Waals surface area (Å²) in [6, 6.07) is 7.93. The number of benzene rings is 1. The van der Waals surface area contributed by atoms with E-state index >= 15 is 0 Å². The molecule has 0 aliphatic rings. The second-order valence-electron chi connectivity index (χ2n) is 1.75. The Labute approximate surface area is 71.3 Å². The fourth-order valence-corrected chi connectivity index (χ4v) is 1.05. The summed E-state index contributed by atoms with van der Waals surface area (Å²) in [6.45, 7) is 0. The van der Waals surface area contributed by atoms with Crippen LogP contribution in [-0.2, 0) is 0 Å². The Balaban J connectivity index is 3.13. The van der Waals surface area contributed by atoms with Gasteiger partial charge in [0.05, 0.1) is 0 Å². The van der Waals surface area contributed by atoms with Gasteiger partial charge in [-0.2, -0.15) is 0 Å². The van der Waals surface area contributed by atoms with Crippen molar-refractivity contribution in [1.82, 2.24) is 0 Å². The predicted octanol–water partition coefficient (Wildman–Crippen LogP) is 1.13. The van der Waals surface area contributed by atoms with E-state index in [0.717, 1.165) is 33.0 Å². The van der Waals surface area contributed by atoms with Gasteiger partial charge in [0.2, 0.25) is 0 Å². The summed E-state index contributed by atoms with van der Waals surface area (Å²) >= 11 is 6.79. The molecule has 0 nitrogen and oxygen atoms in total. The average Bonchev–Trinajstić information content (AvgIpc) is 1.77. The molecule has 0 heterocycles. The van der Waals surface area contributed by atoms with Crippen LogP contribution in [0, 0.1) is 0 Å². The van der Waals surface area contributed by atoms with Crippen LogP contribution in [0.1, 0.15) is 0 Å². The van der Waals surface area contributed by atoms with Gasteiger partial charge in [-0.1, -0.05) is 0 Å². The fourth-order valence-electron chi connectivity index (χ4n) is 0.551. The second-order valence-corrected chi connectivity index (χ2v) is 3.23. The Bertz CT molecular complexity index is 165. The normalized spacial score (nSPS) is 9.38. The number of hydrogen-bond donors (Lipinski definition) is 0. The minimum absolute atomic E-state index is 0.902. The van der Waals surface area contributed by atoms with Crippen molar-refractivity contribution in [2.45, 2.75) is 0 Å². The molecule has 0 atom stereocenters. The van der Waals surface area contributed by atoms with Crippen LogP contribution in [0.5, 0.6) is 0 Å². The summed E-state index contributed by atoms with van der Waals surface area (Å²) in [5.74, 6) is 0. The third-order valence-electron chi connectivity index (χ3n) is 1.08. The van der Waals surface area contributed by atoms with Gasteiger partial charge in [-0.25, -0.2) is 0 Å². The molecule has 1 rings (SSSR count). The van der Waals surface area contributed by atoms with Gasteiger partial charge in [-0.05, 0) is 0 Å². The van der Waals surface area contributed by atoms with E-state index in [4.69, 9.17) is 11.6 Å². The molecule has 0 bridgehead atoms. The molecule has 0 saturated heterocycles. The number of halogens is 1. The Morgan fingerprint density at radius 2 is 1.88 bits per heavy atom. The zero-order valence-electron chi connectivity index (χ0n) is 4.69. The Morgan fingerprint density at radius 3 is 2.25 bits per heavy atom. The van der Waals surface area contributed by atoms with E-state index in [9.17, 15) is 0 Å². The zero-order chi connectivity index (χ0) is 5.98. The van der Waals surface area contributed by atoms with Crippen molar-refractivity contribution in [2.24, 2.45) is 0 Å². The first-order valence-corrected chi connectivity index (χ1v) is 3.89. The molecular formula is C6H4ClNa. The van der Waals surface area contributed by atoms with Crippen LogP contribution in [0.4, 0.5) is 0 Å². The molecule has 0 aliphatic heterocycles. The SMILES string of the molecule is [Na][c]1ccccc1Cl. The van der Waals surface area contributed by atoms with Crippen molar-refractivity contribution in [3.8, 4) is 0 Å². The maximum atomic E-state index is 5.74. The van der Waals surface area contributed by atoms with Crippen molar-refractivity contribution in [1.29, 1.82) is 0 Å². The van der Waals surface area contributed by atoms with Gasteiger partial charge >= 0.3 is 71.6 Å². The summed E-state index contributed by atoms with van der Waals surface area (Å²) in [5, 5.41) is 0.902. The molecule has 8 heavy (non-hydrogen) atoms. The number of rotatable bonds is 0. The van der Waals surface area contributed by atoms with Gasteiger partial charge in [0.25, 0.3) is 0 Å². The van der Waals surface area contributed by atoms with Crippen LogP contribution in [0.3, 0.4) is 0 Å². The van der Waals surface area contributed by atoms with Crippen molar-refractivity contribution >= 4 is 42.3 Å². The second kappa shape index (κ2) is 2.88. The topological polar surface area (TPSA) is 0 Å². The molecular weight excluding hydrogens is 131 g/mol. The Morgan fingerprint density at radius 1 is 1.25 bits per heavy atom. The van der Waals surface area contributed by atoms with Crippen LogP contribution < -0.4 is 2.81 Å². The molecule has 2 heteroatoms. The molecule has 1 aromatic rings. The van der Waals surface area contributed by atoms with Crippen LogP contribution >= 0.6 is 11.6 Å². The van der Waals surface area contributed by atoms with Crippen molar-refractivity contribution in [3.05, 3.63) is 29.3 Å². The van der Waals surface area contributed by atoms with E-state index in [0.29, 0.717) is 0 Å². The van der Waals surface area contributed by atoms with Gasteiger partial charge in [0.15, 0.2) is 0 Å². The molecule has 0 aromatic heterocycles. The zero-order valence-corrected chi connectivity index (χ0v) is 7.44. The van der Waals surface area contributed by atoms with Gasteiger partial charge in [0.1, 0.15) is 0 Å². The Kier molecular flexibility index (Phi) is 2.39. The number of hydrogen-bond acceptors (Lipinski definition) is 0. The first-order valence-electron chi connectivity index (χ1n) is 2.52. The third-order valence-corrected chi connectivity index (χ3v) is 2.69. The van der Waals surface area contributed by atoms with Gasteiger partial charge in [0, 0.05) is 0 Å². The molecule has 0 fully saturated rings. The molecule has 0 radical (unpaired) electrons. The molecule has 0 N–H and O–H groups in total. The van der Waals surface area contributed by atoms with E-state index in [2.05, 4.69) is 6.07 Å². The van der Waals surface area contributed by atoms with Gasteiger partial charge in [-0.15, -0.1) is 0 Å².